The molecule has 0 radical (unpaired) electrons. The smallest absolute Gasteiger partial charge is 0.336 e. The fourth-order valence-corrected chi connectivity index (χ4v) is 1.20. The highest BCUT2D eigenvalue weighted by molar-refractivity contribution is 6.39. The molecule has 15 heavy (non-hydrogen) atoms. The third-order valence-corrected chi connectivity index (χ3v) is 1.99. The average molecular weight is 217 g/mol. The molecule has 0 heterocycles. The Morgan fingerprint density at radius 3 is 2.07 bits per heavy atom. The molecule has 1 aromatic carbocycles. The summed E-state index contributed by atoms with van der Waals surface area (Å²) in [6.45, 7) is 0. The van der Waals surface area contributed by atoms with Crippen LogP contribution in [0.25, 0.3) is 0 Å². The van der Waals surface area contributed by atoms with Crippen molar-refractivity contribution >= 4 is 15.7 Å². The molecule has 0 saturated carbocycles. The largest absolute Gasteiger partial charge is 0.416 e. The Morgan fingerprint density at radius 1 is 1.13 bits per heavy atom. The lowest BCUT2D eigenvalue weighted by molar-refractivity contribution is -0.137. The predicted octanol–water partition coefficient (Wildman–Crippen LogP) is 0.180. The summed E-state index contributed by atoms with van der Waals surface area (Å²) in [5.41, 5.74) is 4.53. The van der Waals surface area contributed by atoms with E-state index in [0.29, 0.717) is 6.07 Å². The van der Waals surface area contributed by atoms with Gasteiger partial charge in [0.15, 0.2) is 0 Å². The van der Waals surface area contributed by atoms with Crippen molar-refractivity contribution in [3.05, 3.63) is 35.1 Å². The number of nitrogens with two attached hydrogens (primary N) is 1. The Bertz CT molecular complexity index is 370. The maximum atomic E-state index is 13.2. The molecule has 2 N–H and O–H groups in total. The molecule has 1 rings (SSSR count). The summed E-state index contributed by atoms with van der Waals surface area (Å²) in [6, 6.07) is 2.23. The first-order chi connectivity index (χ1) is 6.62. The lowest BCUT2D eigenvalue weighted by Crippen LogP contribution is -2.38. The molecule has 1 aromatic rings. The van der Waals surface area contributed by atoms with E-state index in [9.17, 15) is 17.6 Å². The first-order valence-corrected chi connectivity index (χ1v) is 4.28. The molecule has 0 atom stereocenters. The van der Waals surface area contributed by atoms with E-state index in [1.807, 2.05) is 0 Å². The van der Waals surface area contributed by atoms with Crippen molar-refractivity contribution in [3.63, 3.8) is 0 Å². The second-order valence-electron chi connectivity index (χ2n) is 3.91. The number of hydrogen-bond acceptors (Lipinski definition) is 1. The van der Waals surface area contributed by atoms with Gasteiger partial charge in [0.25, 0.3) is 0 Å². The zero-order valence-electron chi connectivity index (χ0n) is 8.32. The molecule has 0 aromatic heterocycles. The molecular weight excluding hydrogens is 208 g/mol. The van der Waals surface area contributed by atoms with Gasteiger partial charge in [0, 0.05) is 0 Å². The lowest BCUT2D eigenvalue weighted by Gasteiger charge is -2.21. The van der Waals surface area contributed by atoms with Gasteiger partial charge in [-0.1, -0.05) is 0 Å². The molecule has 0 fully saturated rings. The Balaban J connectivity index is 3.30. The normalized spacial score (nSPS) is 12.9. The molecular formula is C8H9B2F4N. The van der Waals surface area contributed by atoms with Gasteiger partial charge in [0.05, 0.1) is 5.56 Å². The van der Waals surface area contributed by atoms with E-state index in [1.54, 1.807) is 0 Å². The summed E-state index contributed by atoms with van der Waals surface area (Å²) < 4.78 is 50.2. The first kappa shape index (κ1) is 12.1. The van der Waals surface area contributed by atoms with Gasteiger partial charge in [-0.05, 0) is 29.1 Å². The van der Waals surface area contributed by atoms with Crippen molar-refractivity contribution in [2.45, 2.75) is 11.5 Å². The van der Waals surface area contributed by atoms with Crippen LogP contribution in [0.3, 0.4) is 0 Å². The van der Waals surface area contributed by atoms with Crippen molar-refractivity contribution in [3.8, 4) is 0 Å². The van der Waals surface area contributed by atoms with Crippen LogP contribution in [0.1, 0.15) is 11.1 Å². The summed E-state index contributed by atoms with van der Waals surface area (Å²) in [4.78, 5) is 0. The van der Waals surface area contributed by atoms with Crippen LogP contribution in [0.4, 0.5) is 17.6 Å². The second kappa shape index (κ2) is 3.56. The summed E-state index contributed by atoms with van der Waals surface area (Å²) in [5.74, 6) is -0.726. The van der Waals surface area contributed by atoms with E-state index in [-0.39, 0.29) is 5.56 Å². The molecule has 0 bridgehead atoms. The van der Waals surface area contributed by atoms with Crippen molar-refractivity contribution in [2.24, 2.45) is 5.73 Å². The first-order valence-electron chi connectivity index (χ1n) is 4.28. The Labute approximate surface area is 86.5 Å². The van der Waals surface area contributed by atoms with E-state index in [2.05, 4.69) is 0 Å². The second-order valence-corrected chi connectivity index (χ2v) is 3.91. The van der Waals surface area contributed by atoms with Crippen LogP contribution < -0.4 is 5.73 Å². The fourth-order valence-electron chi connectivity index (χ4n) is 1.20. The zero-order valence-corrected chi connectivity index (χ0v) is 8.32. The van der Waals surface area contributed by atoms with E-state index in [1.165, 1.54) is 15.7 Å². The molecule has 7 heteroatoms. The highest BCUT2D eigenvalue weighted by Crippen LogP contribution is 2.31. The van der Waals surface area contributed by atoms with Gasteiger partial charge < -0.3 is 5.73 Å². The van der Waals surface area contributed by atoms with Gasteiger partial charge in [-0.25, -0.2) is 4.39 Å². The minimum Gasteiger partial charge on any atom is -0.336 e. The quantitative estimate of drug-likeness (QED) is 0.526. The third-order valence-electron chi connectivity index (χ3n) is 1.99. The topological polar surface area (TPSA) is 26.0 Å². The number of rotatable bonds is 1. The van der Waals surface area contributed by atoms with Gasteiger partial charge in [-0.15, -0.1) is 0 Å². The summed E-state index contributed by atoms with van der Waals surface area (Å²) in [7, 11) is 2.90. The SMILES string of the molecule is BC(B)(N)c1cc(C(F)(F)F)ccc1F. The van der Waals surface area contributed by atoms with E-state index in [0.717, 1.165) is 12.1 Å². The van der Waals surface area contributed by atoms with Crippen LogP contribution in [0, 0.1) is 5.82 Å². The van der Waals surface area contributed by atoms with Crippen LogP contribution >= 0.6 is 0 Å². The van der Waals surface area contributed by atoms with Crippen molar-refractivity contribution in [1.82, 2.24) is 0 Å². The van der Waals surface area contributed by atoms with Crippen molar-refractivity contribution < 1.29 is 17.6 Å². The average Bonchev–Trinajstić information content (AvgIpc) is 2.00. The van der Waals surface area contributed by atoms with Crippen LogP contribution in [-0.2, 0) is 11.5 Å². The molecule has 1 nitrogen and oxygen atoms in total. The standard InChI is InChI=1S/C8H9B2F4N/c9-7(10,15)5-3-4(8(12,13)14)1-2-6(5)11/h1-3H,9-10,15H2. The van der Waals surface area contributed by atoms with E-state index in [4.69, 9.17) is 5.73 Å². The third kappa shape index (κ3) is 2.75. The summed E-state index contributed by atoms with van der Waals surface area (Å²) in [6.07, 6.45) is -4.48. The molecule has 0 unspecified atom stereocenters. The zero-order chi connectivity index (χ0) is 11.9. The van der Waals surface area contributed by atoms with E-state index >= 15 is 0 Å². The maximum absolute atomic E-state index is 13.2. The van der Waals surface area contributed by atoms with Crippen molar-refractivity contribution in [1.29, 1.82) is 0 Å². The maximum Gasteiger partial charge on any atom is 0.416 e. The van der Waals surface area contributed by atoms with Crippen LogP contribution in [0.5, 0.6) is 0 Å². The fraction of sp³-hybridized carbons (Fsp3) is 0.250. The number of hydrogen-bond donors (Lipinski definition) is 1. The van der Waals surface area contributed by atoms with Crippen LogP contribution in [0.2, 0.25) is 0 Å². The Kier molecular flexibility index (Phi) is 2.87. The number of halogens is 4. The predicted molar refractivity (Wildman–Crippen MR) is 54.4 cm³/mol. The van der Waals surface area contributed by atoms with Crippen LogP contribution in [0.15, 0.2) is 18.2 Å². The highest BCUT2D eigenvalue weighted by atomic mass is 19.4. The molecule has 0 spiro atoms. The molecule has 0 aliphatic rings. The molecule has 0 aliphatic carbocycles. The van der Waals surface area contributed by atoms with Gasteiger partial charge in [0.1, 0.15) is 21.5 Å². The molecule has 0 saturated heterocycles. The minimum absolute atomic E-state index is 0.141. The lowest BCUT2D eigenvalue weighted by atomic mass is 9.59. The Morgan fingerprint density at radius 2 is 1.67 bits per heavy atom. The summed E-state index contributed by atoms with van der Waals surface area (Å²) in [5, 5.41) is -1.13. The van der Waals surface area contributed by atoms with Gasteiger partial charge in [0.2, 0.25) is 0 Å². The van der Waals surface area contributed by atoms with Gasteiger partial charge in [-0.2, -0.15) is 13.2 Å². The van der Waals surface area contributed by atoms with Gasteiger partial charge in [-0.3, -0.25) is 0 Å². The minimum atomic E-state index is -4.48. The molecule has 80 valence electrons. The summed E-state index contributed by atoms with van der Waals surface area (Å²) >= 11 is 0. The monoisotopic (exact) mass is 217 g/mol. The van der Waals surface area contributed by atoms with E-state index < -0.39 is 22.9 Å². The van der Waals surface area contributed by atoms with Gasteiger partial charge >= 0.3 is 6.18 Å². The Hall–Kier alpha value is -0.970. The molecule has 0 amide bonds. The van der Waals surface area contributed by atoms with Crippen molar-refractivity contribution in [2.75, 3.05) is 0 Å². The van der Waals surface area contributed by atoms with Crippen LogP contribution in [-0.4, -0.2) is 15.7 Å². The number of benzene rings is 1. The highest BCUT2D eigenvalue weighted by Gasteiger charge is 2.32. The molecule has 0 aliphatic heterocycles. The number of alkyl halides is 3.